The van der Waals surface area contributed by atoms with E-state index in [4.69, 9.17) is 4.74 Å². The average Bonchev–Trinajstić information content (AvgIpc) is 2.52. The Morgan fingerprint density at radius 1 is 1.35 bits per heavy atom. The van der Waals surface area contributed by atoms with E-state index >= 15 is 0 Å². The molecule has 2 rings (SSSR count). The molecule has 1 unspecified atom stereocenters. The Kier molecular flexibility index (Phi) is 6.02. The van der Waals surface area contributed by atoms with Crippen molar-refractivity contribution in [3.05, 3.63) is 35.4 Å². The quantitative estimate of drug-likeness (QED) is 0.835. The van der Waals surface area contributed by atoms with Gasteiger partial charge in [-0.3, -0.25) is 4.79 Å². The van der Waals surface area contributed by atoms with Gasteiger partial charge in [-0.25, -0.2) is 0 Å². The van der Waals surface area contributed by atoms with Crippen molar-refractivity contribution >= 4 is 5.91 Å². The molecule has 0 saturated carbocycles. The van der Waals surface area contributed by atoms with Crippen molar-refractivity contribution in [1.29, 1.82) is 0 Å². The number of piperidine rings is 1. The van der Waals surface area contributed by atoms with Crippen LogP contribution in [0.25, 0.3) is 0 Å². The molecule has 1 aliphatic heterocycles. The van der Waals surface area contributed by atoms with Crippen LogP contribution in [0.2, 0.25) is 0 Å². The van der Waals surface area contributed by atoms with E-state index in [0.29, 0.717) is 19.8 Å². The lowest BCUT2D eigenvalue weighted by Crippen LogP contribution is -2.46. The van der Waals surface area contributed by atoms with Crippen molar-refractivity contribution in [1.82, 2.24) is 10.6 Å². The first-order chi connectivity index (χ1) is 9.81. The van der Waals surface area contributed by atoms with Gasteiger partial charge >= 0.3 is 0 Å². The maximum absolute atomic E-state index is 12.1. The van der Waals surface area contributed by atoms with Crippen molar-refractivity contribution < 1.29 is 9.53 Å². The molecule has 1 atom stereocenters. The lowest BCUT2D eigenvalue weighted by molar-refractivity contribution is -0.123. The van der Waals surface area contributed by atoms with Crippen LogP contribution >= 0.6 is 0 Å². The predicted octanol–water partition coefficient (Wildman–Crippen LogP) is 1.98. The van der Waals surface area contributed by atoms with Gasteiger partial charge in [0.25, 0.3) is 0 Å². The molecule has 4 nitrogen and oxygen atoms in total. The van der Waals surface area contributed by atoms with Crippen LogP contribution in [0, 0.1) is 0 Å². The highest BCUT2D eigenvalue weighted by atomic mass is 16.5. The van der Waals surface area contributed by atoms with E-state index in [1.165, 1.54) is 6.42 Å². The Balaban J connectivity index is 1.87. The molecule has 1 aromatic rings. The average molecular weight is 276 g/mol. The molecule has 110 valence electrons. The van der Waals surface area contributed by atoms with Crippen LogP contribution in [-0.4, -0.2) is 25.1 Å². The van der Waals surface area contributed by atoms with Gasteiger partial charge in [-0.05, 0) is 37.4 Å². The fourth-order valence-electron chi connectivity index (χ4n) is 2.46. The Morgan fingerprint density at radius 2 is 2.15 bits per heavy atom. The Labute approximate surface area is 120 Å². The number of carbonyl (C=O) groups is 1. The third-order valence-corrected chi connectivity index (χ3v) is 3.66. The first-order valence-electron chi connectivity index (χ1n) is 7.47. The first kappa shape index (κ1) is 15.0. The summed E-state index contributed by atoms with van der Waals surface area (Å²) in [4.78, 5) is 12.1. The van der Waals surface area contributed by atoms with Crippen LogP contribution in [0.4, 0.5) is 0 Å². The van der Waals surface area contributed by atoms with Gasteiger partial charge in [-0.2, -0.15) is 0 Å². The minimum atomic E-state index is -0.0252. The molecule has 20 heavy (non-hydrogen) atoms. The van der Waals surface area contributed by atoms with Crippen molar-refractivity contribution in [2.45, 2.75) is 45.4 Å². The molecule has 0 bridgehead atoms. The summed E-state index contributed by atoms with van der Waals surface area (Å²) in [6.45, 7) is 4.80. The monoisotopic (exact) mass is 276 g/mol. The van der Waals surface area contributed by atoms with Crippen LogP contribution in [-0.2, 0) is 22.7 Å². The fourth-order valence-corrected chi connectivity index (χ4v) is 2.46. The highest BCUT2D eigenvalue weighted by molar-refractivity contribution is 5.81. The second-order valence-electron chi connectivity index (χ2n) is 5.13. The molecule has 4 heteroatoms. The van der Waals surface area contributed by atoms with Crippen molar-refractivity contribution in [3.63, 3.8) is 0 Å². The Morgan fingerprint density at radius 3 is 2.85 bits per heavy atom. The molecule has 1 heterocycles. The van der Waals surface area contributed by atoms with E-state index < -0.39 is 0 Å². The molecular weight excluding hydrogens is 252 g/mol. The Bertz CT molecular complexity index is 428. The number of nitrogens with one attached hydrogen (secondary N) is 2. The number of amides is 1. The van der Waals surface area contributed by atoms with Gasteiger partial charge < -0.3 is 15.4 Å². The number of rotatable bonds is 6. The zero-order valence-corrected chi connectivity index (χ0v) is 12.2. The number of hydrogen-bond donors (Lipinski definition) is 2. The topological polar surface area (TPSA) is 50.4 Å². The summed E-state index contributed by atoms with van der Waals surface area (Å²) in [6, 6.07) is 8.07. The predicted molar refractivity (Wildman–Crippen MR) is 79.3 cm³/mol. The molecule has 1 amide bonds. The lowest BCUT2D eigenvalue weighted by atomic mass is 10.0. The fraction of sp³-hybridized carbons (Fsp3) is 0.562. The molecule has 0 radical (unpaired) electrons. The second-order valence-corrected chi connectivity index (χ2v) is 5.13. The largest absolute Gasteiger partial charge is 0.377 e. The highest BCUT2D eigenvalue weighted by Crippen LogP contribution is 2.11. The summed E-state index contributed by atoms with van der Waals surface area (Å²) in [5.41, 5.74) is 2.27. The van der Waals surface area contributed by atoms with Crippen molar-refractivity contribution in [3.8, 4) is 0 Å². The van der Waals surface area contributed by atoms with Gasteiger partial charge in [0.2, 0.25) is 5.91 Å². The molecule has 0 spiro atoms. The Hall–Kier alpha value is -1.39. The zero-order valence-electron chi connectivity index (χ0n) is 12.2. The van der Waals surface area contributed by atoms with E-state index in [1.807, 2.05) is 25.1 Å². The standard InChI is InChI=1S/C16H24N2O2/c1-2-20-12-14-8-4-3-7-13(14)11-18-16(19)15-9-5-6-10-17-15/h3-4,7-8,15,17H,2,5-6,9-12H2,1H3,(H,18,19). The second kappa shape index (κ2) is 8.02. The third kappa shape index (κ3) is 4.32. The first-order valence-corrected chi connectivity index (χ1v) is 7.47. The molecule has 1 aromatic carbocycles. The summed E-state index contributed by atoms with van der Waals surface area (Å²) < 4.78 is 5.46. The molecular formula is C16H24N2O2. The molecule has 1 aliphatic rings. The van der Waals surface area contributed by atoms with Crippen LogP contribution in [0.3, 0.4) is 0 Å². The summed E-state index contributed by atoms with van der Waals surface area (Å²) in [7, 11) is 0. The van der Waals surface area contributed by atoms with Crippen LogP contribution in [0.1, 0.15) is 37.3 Å². The maximum atomic E-state index is 12.1. The van der Waals surface area contributed by atoms with E-state index in [-0.39, 0.29) is 11.9 Å². The van der Waals surface area contributed by atoms with Crippen LogP contribution in [0.15, 0.2) is 24.3 Å². The minimum absolute atomic E-state index is 0.0252. The van der Waals surface area contributed by atoms with Crippen molar-refractivity contribution in [2.24, 2.45) is 0 Å². The molecule has 1 fully saturated rings. The minimum Gasteiger partial charge on any atom is -0.377 e. The highest BCUT2D eigenvalue weighted by Gasteiger charge is 2.20. The lowest BCUT2D eigenvalue weighted by Gasteiger charge is -2.22. The summed E-state index contributed by atoms with van der Waals surface area (Å²) in [6.07, 6.45) is 3.24. The molecule has 1 saturated heterocycles. The van der Waals surface area contributed by atoms with Crippen LogP contribution in [0.5, 0.6) is 0 Å². The summed E-state index contributed by atoms with van der Waals surface area (Å²) in [5, 5.41) is 6.30. The number of benzene rings is 1. The summed E-state index contributed by atoms with van der Waals surface area (Å²) in [5.74, 6) is 0.107. The van der Waals surface area contributed by atoms with Gasteiger partial charge in [0, 0.05) is 13.2 Å². The zero-order chi connectivity index (χ0) is 14.2. The van der Waals surface area contributed by atoms with E-state index in [9.17, 15) is 4.79 Å². The smallest absolute Gasteiger partial charge is 0.237 e. The van der Waals surface area contributed by atoms with E-state index in [1.54, 1.807) is 0 Å². The SMILES string of the molecule is CCOCc1ccccc1CNC(=O)C1CCCCN1. The molecule has 0 aromatic heterocycles. The van der Waals surface area contributed by atoms with Crippen molar-refractivity contribution in [2.75, 3.05) is 13.2 Å². The van der Waals surface area contributed by atoms with E-state index in [0.717, 1.165) is 30.5 Å². The van der Waals surface area contributed by atoms with Crippen LogP contribution < -0.4 is 10.6 Å². The van der Waals surface area contributed by atoms with Gasteiger partial charge in [0.15, 0.2) is 0 Å². The molecule has 2 N–H and O–H groups in total. The van der Waals surface area contributed by atoms with Gasteiger partial charge in [-0.15, -0.1) is 0 Å². The number of ether oxygens (including phenoxy) is 1. The third-order valence-electron chi connectivity index (χ3n) is 3.66. The number of hydrogen-bond acceptors (Lipinski definition) is 3. The maximum Gasteiger partial charge on any atom is 0.237 e. The number of carbonyl (C=O) groups excluding carboxylic acids is 1. The van der Waals surface area contributed by atoms with Gasteiger partial charge in [-0.1, -0.05) is 30.7 Å². The van der Waals surface area contributed by atoms with Gasteiger partial charge in [0.05, 0.1) is 12.6 Å². The van der Waals surface area contributed by atoms with Gasteiger partial charge in [0.1, 0.15) is 0 Å². The summed E-state index contributed by atoms with van der Waals surface area (Å²) >= 11 is 0. The normalized spacial score (nSPS) is 18.8. The molecule has 0 aliphatic carbocycles. The van der Waals surface area contributed by atoms with E-state index in [2.05, 4.69) is 16.7 Å².